The summed E-state index contributed by atoms with van der Waals surface area (Å²) in [6.45, 7) is 4.01. The number of carboxylic acid groups (broad SMARTS) is 1. The van der Waals surface area contributed by atoms with E-state index in [0.29, 0.717) is 13.2 Å². The molecule has 0 radical (unpaired) electrons. The second-order valence-electron chi connectivity index (χ2n) is 4.06. The van der Waals surface area contributed by atoms with Crippen LogP contribution < -0.4 is 5.32 Å². The van der Waals surface area contributed by atoms with Crippen LogP contribution in [0.2, 0.25) is 0 Å². The van der Waals surface area contributed by atoms with Crippen LogP contribution in [0.15, 0.2) is 0 Å². The second kappa shape index (κ2) is 5.81. The van der Waals surface area contributed by atoms with Crippen molar-refractivity contribution in [1.29, 1.82) is 0 Å². The highest BCUT2D eigenvalue weighted by molar-refractivity contribution is 5.96. The van der Waals surface area contributed by atoms with Gasteiger partial charge < -0.3 is 20.1 Å². The molecule has 0 spiro atoms. The number of hydrogen-bond acceptors (Lipinski definition) is 4. The molecule has 16 heavy (non-hydrogen) atoms. The molecule has 0 saturated carbocycles. The lowest BCUT2D eigenvalue weighted by Gasteiger charge is -2.30. The summed E-state index contributed by atoms with van der Waals surface area (Å²) in [6, 6.07) is 0. The molecule has 1 aliphatic rings. The third-order valence-electron chi connectivity index (χ3n) is 2.61. The Hall–Kier alpha value is -1.14. The van der Waals surface area contributed by atoms with Crippen LogP contribution in [-0.2, 0) is 14.3 Å². The normalized spacial score (nSPS) is 23.8. The van der Waals surface area contributed by atoms with E-state index in [1.54, 1.807) is 0 Å². The molecule has 1 rings (SSSR count). The Labute approximate surface area is 94.6 Å². The lowest BCUT2D eigenvalue weighted by molar-refractivity contribution is -0.146. The second-order valence-corrected chi connectivity index (χ2v) is 4.06. The first-order valence-electron chi connectivity index (χ1n) is 5.31. The predicted octanol–water partition coefficient (Wildman–Crippen LogP) is -0.846. The lowest BCUT2D eigenvalue weighted by Crippen LogP contribution is -2.47. The first-order chi connectivity index (χ1) is 7.50. The van der Waals surface area contributed by atoms with Crippen molar-refractivity contribution >= 4 is 11.9 Å². The highest BCUT2D eigenvalue weighted by Crippen LogP contribution is 2.02. The Morgan fingerprint density at radius 2 is 2.31 bits per heavy atom. The van der Waals surface area contributed by atoms with Gasteiger partial charge in [0.15, 0.2) is 0 Å². The molecule has 6 nitrogen and oxygen atoms in total. The molecule has 1 heterocycles. The summed E-state index contributed by atoms with van der Waals surface area (Å²) in [5.41, 5.74) is 0. The molecular weight excluding hydrogens is 212 g/mol. The Balaban J connectivity index is 2.28. The number of carboxylic acids is 1. The summed E-state index contributed by atoms with van der Waals surface area (Å²) in [7, 11) is 1.98. The molecule has 0 aromatic heterocycles. The zero-order chi connectivity index (χ0) is 12.1. The van der Waals surface area contributed by atoms with Crippen LogP contribution in [0.25, 0.3) is 0 Å². The van der Waals surface area contributed by atoms with Crippen molar-refractivity contribution in [3.05, 3.63) is 0 Å². The largest absolute Gasteiger partial charge is 0.481 e. The summed E-state index contributed by atoms with van der Waals surface area (Å²) in [4.78, 5) is 24.0. The van der Waals surface area contributed by atoms with Gasteiger partial charge in [-0.15, -0.1) is 0 Å². The minimum absolute atomic E-state index is 0.0521. The third-order valence-corrected chi connectivity index (χ3v) is 2.61. The molecule has 1 aliphatic heterocycles. The minimum atomic E-state index is -1.11. The molecule has 6 heteroatoms. The molecule has 0 aromatic carbocycles. The van der Waals surface area contributed by atoms with Crippen molar-refractivity contribution < 1.29 is 19.4 Å². The summed E-state index contributed by atoms with van der Waals surface area (Å²) in [6.07, 6.45) is -0.0521. The molecule has 0 aliphatic carbocycles. The minimum Gasteiger partial charge on any atom is -0.481 e. The van der Waals surface area contributed by atoms with Gasteiger partial charge in [-0.1, -0.05) is 0 Å². The molecule has 2 unspecified atom stereocenters. The molecule has 2 N–H and O–H groups in total. The number of hydrogen-bond donors (Lipinski definition) is 2. The Kier molecular flexibility index (Phi) is 4.70. The maximum Gasteiger partial charge on any atom is 0.315 e. The van der Waals surface area contributed by atoms with E-state index in [-0.39, 0.29) is 6.10 Å². The van der Waals surface area contributed by atoms with Gasteiger partial charge in [-0.25, -0.2) is 0 Å². The van der Waals surface area contributed by atoms with Crippen LogP contribution in [0.5, 0.6) is 0 Å². The van der Waals surface area contributed by atoms with Crippen molar-refractivity contribution in [1.82, 2.24) is 10.2 Å². The Bertz CT molecular complexity index is 270. The smallest absolute Gasteiger partial charge is 0.315 e. The van der Waals surface area contributed by atoms with Gasteiger partial charge in [-0.2, -0.15) is 0 Å². The van der Waals surface area contributed by atoms with Crippen molar-refractivity contribution in [2.24, 2.45) is 5.92 Å². The van der Waals surface area contributed by atoms with Gasteiger partial charge >= 0.3 is 5.97 Å². The number of amides is 1. The van der Waals surface area contributed by atoms with Crippen LogP contribution in [0.3, 0.4) is 0 Å². The SMILES string of the molecule is CC(C(=O)O)C(=O)NCC1CN(C)CCO1. The molecule has 1 amide bonds. The number of nitrogens with zero attached hydrogens (tertiary/aromatic N) is 1. The van der Waals surface area contributed by atoms with Crippen LogP contribution in [0.1, 0.15) is 6.92 Å². The van der Waals surface area contributed by atoms with E-state index in [9.17, 15) is 9.59 Å². The summed E-state index contributed by atoms with van der Waals surface area (Å²) >= 11 is 0. The molecule has 1 fully saturated rings. The van der Waals surface area contributed by atoms with Crippen LogP contribution >= 0.6 is 0 Å². The van der Waals surface area contributed by atoms with Crippen molar-refractivity contribution in [3.63, 3.8) is 0 Å². The summed E-state index contributed by atoms with van der Waals surface area (Å²) in [5.74, 6) is -2.59. The average Bonchev–Trinajstić information content (AvgIpc) is 2.24. The van der Waals surface area contributed by atoms with Crippen LogP contribution in [0.4, 0.5) is 0 Å². The van der Waals surface area contributed by atoms with Crippen molar-refractivity contribution in [2.45, 2.75) is 13.0 Å². The molecule has 0 aromatic rings. The van der Waals surface area contributed by atoms with E-state index in [1.165, 1.54) is 6.92 Å². The first-order valence-corrected chi connectivity index (χ1v) is 5.31. The fourth-order valence-electron chi connectivity index (χ4n) is 1.47. The lowest BCUT2D eigenvalue weighted by atomic mass is 10.1. The molecule has 1 saturated heterocycles. The van der Waals surface area contributed by atoms with Gasteiger partial charge in [0.25, 0.3) is 0 Å². The number of rotatable bonds is 4. The van der Waals surface area contributed by atoms with E-state index in [0.717, 1.165) is 13.1 Å². The average molecular weight is 230 g/mol. The molecular formula is C10H18N2O4. The maximum atomic E-state index is 11.3. The Morgan fingerprint density at radius 3 is 2.88 bits per heavy atom. The zero-order valence-corrected chi connectivity index (χ0v) is 9.60. The third kappa shape index (κ3) is 3.79. The number of morpholine rings is 1. The van der Waals surface area contributed by atoms with E-state index >= 15 is 0 Å². The number of aliphatic carboxylic acids is 1. The zero-order valence-electron chi connectivity index (χ0n) is 9.60. The topological polar surface area (TPSA) is 78.9 Å². The number of carbonyl (C=O) groups is 2. The van der Waals surface area contributed by atoms with Crippen molar-refractivity contribution in [2.75, 3.05) is 33.3 Å². The number of ether oxygens (including phenoxy) is 1. The standard InChI is InChI=1S/C10H18N2O4/c1-7(10(14)15)9(13)11-5-8-6-12(2)3-4-16-8/h7-8H,3-6H2,1-2H3,(H,11,13)(H,14,15). The van der Waals surface area contributed by atoms with E-state index in [2.05, 4.69) is 10.2 Å². The first kappa shape index (κ1) is 12.9. The fraction of sp³-hybridized carbons (Fsp3) is 0.800. The number of likely N-dealkylation sites (N-methyl/N-ethyl adjacent to an activating group) is 1. The highest BCUT2D eigenvalue weighted by atomic mass is 16.5. The molecule has 2 atom stereocenters. The Morgan fingerprint density at radius 1 is 1.62 bits per heavy atom. The molecule has 92 valence electrons. The van der Waals surface area contributed by atoms with Gasteiger partial charge in [-0.3, -0.25) is 9.59 Å². The molecule has 0 bridgehead atoms. The van der Waals surface area contributed by atoms with Crippen LogP contribution in [-0.4, -0.2) is 61.3 Å². The highest BCUT2D eigenvalue weighted by Gasteiger charge is 2.23. The van der Waals surface area contributed by atoms with Gasteiger partial charge in [-0.05, 0) is 14.0 Å². The van der Waals surface area contributed by atoms with Crippen molar-refractivity contribution in [3.8, 4) is 0 Å². The van der Waals surface area contributed by atoms with E-state index in [1.807, 2.05) is 7.05 Å². The number of carbonyl (C=O) groups excluding carboxylic acids is 1. The number of nitrogens with one attached hydrogen (secondary N) is 1. The summed E-state index contributed by atoms with van der Waals surface area (Å²) < 4.78 is 5.44. The van der Waals surface area contributed by atoms with Gasteiger partial charge in [0.05, 0.1) is 12.7 Å². The summed E-state index contributed by atoms with van der Waals surface area (Å²) in [5, 5.41) is 11.2. The van der Waals surface area contributed by atoms with E-state index < -0.39 is 17.8 Å². The van der Waals surface area contributed by atoms with Crippen LogP contribution in [0, 0.1) is 5.92 Å². The maximum absolute atomic E-state index is 11.3. The monoisotopic (exact) mass is 230 g/mol. The quantitative estimate of drug-likeness (QED) is 0.615. The van der Waals surface area contributed by atoms with E-state index in [4.69, 9.17) is 9.84 Å². The van der Waals surface area contributed by atoms with Gasteiger partial charge in [0.1, 0.15) is 5.92 Å². The van der Waals surface area contributed by atoms with Gasteiger partial charge in [0.2, 0.25) is 5.91 Å². The van der Waals surface area contributed by atoms with Gasteiger partial charge in [0, 0.05) is 19.6 Å². The fourth-order valence-corrected chi connectivity index (χ4v) is 1.47. The predicted molar refractivity (Wildman–Crippen MR) is 57.0 cm³/mol.